The number of amides is 1. The maximum absolute atomic E-state index is 12.6. The van der Waals surface area contributed by atoms with Crippen LogP contribution >= 0.6 is 23.2 Å². The van der Waals surface area contributed by atoms with Crippen LogP contribution in [0.25, 0.3) is 11.3 Å². The van der Waals surface area contributed by atoms with Gasteiger partial charge in [-0.05, 0) is 50.0 Å². The van der Waals surface area contributed by atoms with Crippen molar-refractivity contribution in [3.63, 3.8) is 0 Å². The molecule has 3 fully saturated rings. The van der Waals surface area contributed by atoms with Gasteiger partial charge in [0.05, 0.1) is 15.7 Å². The normalized spacial score (nSPS) is 25.0. The summed E-state index contributed by atoms with van der Waals surface area (Å²) in [6.45, 7) is 3.22. The lowest BCUT2D eigenvalue weighted by atomic mass is 9.84. The SMILES string of the molecule is O=C(NC1CN2CCC1CC2)c1cc(-c2ccc(Cl)c(Cl)c2)ncn1. The molecule has 130 valence electrons. The Balaban J connectivity index is 1.52. The van der Waals surface area contributed by atoms with E-state index in [1.54, 1.807) is 18.2 Å². The molecule has 2 bridgehead atoms. The Hall–Kier alpha value is -1.69. The smallest absolute Gasteiger partial charge is 0.270 e. The van der Waals surface area contributed by atoms with E-state index in [4.69, 9.17) is 23.2 Å². The van der Waals surface area contributed by atoms with Gasteiger partial charge in [0.2, 0.25) is 0 Å². The Labute approximate surface area is 156 Å². The third kappa shape index (κ3) is 3.50. The molecule has 1 atom stereocenters. The zero-order chi connectivity index (χ0) is 17.4. The fourth-order valence-electron chi connectivity index (χ4n) is 3.67. The zero-order valence-corrected chi connectivity index (χ0v) is 15.1. The van der Waals surface area contributed by atoms with E-state index in [1.165, 1.54) is 6.33 Å². The average Bonchev–Trinajstić information content (AvgIpc) is 2.65. The molecule has 0 saturated carbocycles. The summed E-state index contributed by atoms with van der Waals surface area (Å²) >= 11 is 12.0. The van der Waals surface area contributed by atoms with Crippen molar-refractivity contribution < 1.29 is 4.79 Å². The summed E-state index contributed by atoms with van der Waals surface area (Å²) in [5.74, 6) is 0.424. The maximum Gasteiger partial charge on any atom is 0.270 e. The number of carbonyl (C=O) groups excluding carboxylic acids is 1. The maximum atomic E-state index is 12.6. The van der Waals surface area contributed by atoms with E-state index in [-0.39, 0.29) is 11.9 Å². The fraction of sp³-hybridized carbons (Fsp3) is 0.389. The van der Waals surface area contributed by atoms with Crippen molar-refractivity contribution in [3.05, 3.63) is 46.3 Å². The van der Waals surface area contributed by atoms with Crippen LogP contribution < -0.4 is 5.32 Å². The van der Waals surface area contributed by atoms with E-state index in [9.17, 15) is 4.79 Å². The average molecular weight is 377 g/mol. The monoisotopic (exact) mass is 376 g/mol. The fourth-order valence-corrected chi connectivity index (χ4v) is 3.96. The van der Waals surface area contributed by atoms with Crippen molar-refractivity contribution in [1.82, 2.24) is 20.2 Å². The highest BCUT2D eigenvalue weighted by molar-refractivity contribution is 6.42. The number of aromatic nitrogens is 2. The summed E-state index contributed by atoms with van der Waals surface area (Å²) < 4.78 is 0. The minimum atomic E-state index is -0.150. The summed E-state index contributed by atoms with van der Waals surface area (Å²) in [7, 11) is 0. The number of rotatable bonds is 3. The van der Waals surface area contributed by atoms with E-state index >= 15 is 0 Å². The highest BCUT2D eigenvalue weighted by Gasteiger charge is 2.35. The van der Waals surface area contributed by atoms with E-state index in [0.29, 0.717) is 27.4 Å². The highest BCUT2D eigenvalue weighted by atomic mass is 35.5. The van der Waals surface area contributed by atoms with Crippen molar-refractivity contribution in [2.75, 3.05) is 19.6 Å². The Morgan fingerprint density at radius 2 is 1.92 bits per heavy atom. The molecule has 2 aromatic rings. The summed E-state index contributed by atoms with van der Waals surface area (Å²) in [4.78, 5) is 23.4. The van der Waals surface area contributed by atoms with Crippen molar-refractivity contribution in [3.8, 4) is 11.3 Å². The standard InChI is InChI=1S/C18H18Cl2N4O/c19-13-2-1-12(7-14(13)20)15-8-16(22-10-21-15)18(25)23-17-9-24-5-3-11(17)4-6-24/h1-2,7-8,10-11,17H,3-6,9H2,(H,23,25). The first-order valence-electron chi connectivity index (χ1n) is 8.41. The van der Waals surface area contributed by atoms with Crippen LogP contribution in [0.1, 0.15) is 23.3 Å². The summed E-state index contributed by atoms with van der Waals surface area (Å²) in [5, 5.41) is 4.09. The second-order valence-corrected chi connectivity index (χ2v) is 7.45. The van der Waals surface area contributed by atoms with Gasteiger partial charge in [-0.1, -0.05) is 29.3 Å². The quantitative estimate of drug-likeness (QED) is 0.892. The number of halogens is 2. The van der Waals surface area contributed by atoms with Crippen LogP contribution in [0.4, 0.5) is 0 Å². The molecule has 3 aliphatic heterocycles. The molecule has 25 heavy (non-hydrogen) atoms. The van der Waals surface area contributed by atoms with Gasteiger partial charge >= 0.3 is 0 Å². The van der Waals surface area contributed by atoms with Crippen molar-refractivity contribution in [2.45, 2.75) is 18.9 Å². The van der Waals surface area contributed by atoms with Crippen LogP contribution in [0, 0.1) is 5.92 Å². The van der Waals surface area contributed by atoms with Crippen LogP contribution in [0.3, 0.4) is 0 Å². The molecule has 7 heteroatoms. The topological polar surface area (TPSA) is 58.1 Å². The first-order chi connectivity index (χ1) is 12.1. The molecule has 1 aromatic carbocycles. The first kappa shape index (κ1) is 16.8. The van der Waals surface area contributed by atoms with Gasteiger partial charge in [-0.15, -0.1) is 0 Å². The molecule has 3 saturated heterocycles. The molecule has 5 rings (SSSR count). The summed E-state index contributed by atoms with van der Waals surface area (Å²) in [5.41, 5.74) is 1.81. The molecule has 1 amide bonds. The predicted molar refractivity (Wildman–Crippen MR) is 97.9 cm³/mol. The number of fused-ring (bicyclic) bond motifs is 3. The number of hydrogen-bond acceptors (Lipinski definition) is 4. The van der Waals surface area contributed by atoms with Gasteiger partial charge in [-0.25, -0.2) is 9.97 Å². The molecular weight excluding hydrogens is 359 g/mol. The predicted octanol–water partition coefficient (Wildman–Crippen LogP) is 3.27. The molecule has 0 aliphatic carbocycles. The van der Waals surface area contributed by atoms with Gasteiger partial charge in [-0.2, -0.15) is 0 Å². The van der Waals surface area contributed by atoms with E-state index < -0.39 is 0 Å². The van der Waals surface area contributed by atoms with Crippen molar-refractivity contribution in [2.24, 2.45) is 5.92 Å². The largest absolute Gasteiger partial charge is 0.346 e. The number of carbonyl (C=O) groups is 1. The lowest BCUT2D eigenvalue weighted by Crippen LogP contribution is -2.57. The molecule has 0 radical (unpaired) electrons. The second kappa shape index (κ2) is 6.90. The highest BCUT2D eigenvalue weighted by Crippen LogP contribution is 2.29. The van der Waals surface area contributed by atoms with Crippen molar-refractivity contribution >= 4 is 29.1 Å². The van der Waals surface area contributed by atoms with Crippen molar-refractivity contribution in [1.29, 1.82) is 0 Å². The number of hydrogen-bond donors (Lipinski definition) is 1. The first-order valence-corrected chi connectivity index (χ1v) is 9.16. The molecule has 3 aliphatic rings. The Kier molecular flexibility index (Phi) is 4.63. The van der Waals surface area contributed by atoms with E-state index in [2.05, 4.69) is 20.2 Å². The second-order valence-electron chi connectivity index (χ2n) is 6.64. The lowest BCUT2D eigenvalue weighted by molar-refractivity contribution is 0.0617. The van der Waals surface area contributed by atoms with Crippen LogP contribution in [-0.2, 0) is 0 Å². The van der Waals surface area contributed by atoms with Crippen LogP contribution in [0.5, 0.6) is 0 Å². The molecule has 1 N–H and O–H groups in total. The molecule has 4 heterocycles. The van der Waals surface area contributed by atoms with Gasteiger partial charge in [0.1, 0.15) is 12.0 Å². The molecule has 1 unspecified atom stereocenters. The van der Waals surface area contributed by atoms with Gasteiger partial charge in [-0.3, -0.25) is 4.79 Å². The number of benzene rings is 1. The number of piperidine rings is 3. The van der Waals surface area contributed by atoms with Gasteiger partial charge in [0.15, 0.2) is 0 Å². The lowest BCUT2D eigenvalue weighted by Gasteiger charge is -2.44. The van der Waals surface area contributed by atoms with E-state index in [0.717, 1.165) is 38.0 Å². The van der Waals surface area contributed by atoms with Crippen LogP contribution in [0.15, 0.2) is 30.6 Å². The third-order valence-electron chi connectivity index (χ3n) is 5.09. The van der Waals surface area contributed by atoms with Crippen LogP contribution in [-0.4, -0.2) is 46.5 Å². The Morgan fingerprint density at radius 3 is 2.60 bits per heavy atom. The zero-order valence-electron chi connectivity index (χ0n) is 13.6. The molecule has 1 aromatic heterocycles. The van der Waals surface area contributed by atoms with Gasteiger partial charge in [0, 0.05) is 18.2 Å². The molecular formula is C18H18Cl2N4O. The molecule has 5 nitrogen and oxygen atoms in total. The molecule has 0 spiro atoms. The number of nitrogens with one attached hydrogen (secondary N) is 1. The Morgan fingerprint density at radius 1 is 1.12 bits per heavy atom. The van der Waals surface area contributed by atoms with E-state index in [1.807, 2.05) is 6.07 Å². The minimum absolute atomic E-state index is 0.150. The van der Waals surface area contributed by atoms with Gasteiger partial charge < -0.3 is 10.2 Å². The summed E-state index contributed by atoms with van der Waals surface area (Å²) in [6.07, 6.45) is 3.72. The summed E-state index contributed by atoms with van der Waals surface area (Å²) in [6, 6.07) is 7.18. The van der Waals surface area contributed by atoms with Gasteiger partial charge in [0.25, 0.3) is 5.91 Å². The number of nitrogens with zero attached hydrogens (tertiary/aromatic N) is 3. The third-order valence-corrected chi connectivity index (χ3v) is 5.83. The minimum Gasteiger partial charge on any atom is -0.346 e. The Bertz CT molecular complexity index is 805. The van der Waals surface area contributed by atoms with Crippen LogP contribution in [0.2, 0.25) is 10.0 Å².